The second kappa shape index (κ2) is 9.79. The summed E-state index contributed by atoms with van der Waals surface area (Å²) in [7, 11) is 0. The molecule has 0 atom stereocenters. The Hall–Kier alpha value is -3.14. The zero-order chi connectivity index (χ0) is 17.0. The van der Waals surface area contributed by atoms with Crippen LogP contribution in [0.25, 0.3) is 12.2 Å². The number of aldehydes is 1. The molecule has 1 N–H and O–H groups in total. The van der Waals surface area contributed by atoms with E-state index in [1.54, 1.807) is 6.08 Å². The van der Waals surface area contributed by atoms with Crippen molar-refractivity contribution in [3.63, 3.8) is 0 Å². The molecule has 4 heteroatoms. The van der Waals surface area contributed by atoms with Crippen LogP contribution in [0.3, 0.4) is 0 Å². The first-order valence-electron chi connectivity index (χ1n) is 7.61. The number of ether oxygens (including phenoxy) is 1. The van der Waals surface area contributed by atoms with Crippen LogP contribution in [-0.2, 0) is 16.1 Å². The van der Waals surface area contributed by atoms with Gasteiger partial charge in [0.25, 0.3) is 0 Å². The van der Waals surface area contributed by atoms with E-state index in [1.165, 1.54) is 6.08 Å². The molecule has 0 saturated heterocycles. The summed E-state index contributed by atoms with van der Waals surface area (Å²) in [6.07, 6.45) is 7.25. The fourth-order valence-electron chi connectivity index (χ4n) is 1.98. The first kappa shape index (κ1) is 17.2. The zero-order valence-electron chi connectivity index (χ0n) is 13.2. The highest BCUT2D eigenvalue weighted by molar-refractivity contribution is 5.74. The lowest BCUT2D eigenvalue weighted by atomic mass is 10.1. The molecule has 2 rings (SSSR count). The van der Waals surface area contributed by atoms with Crippen molar-refractivity contribution < 1.29 is 14.3 Å². The molecule has 4 nitrogen and oxygen atoms in total. The molecule has 0 unspecified atom stereocenters. The summed E-state index contributed by atoms with van der Waals surface area (Å²) < 4.78 is 5.11. The molecule has 122 valence electrons. The SMILES string of the molecule is O=C/C=C/c1ccc(C=CCNC(=O)OCc2ccccc2)cc1. The van der Waals surface area contributed by atoms with Crippen molar-refractivity contribution in [2.24, 2.45) is 0 Å². The van der Waals surface area contributed by atoms with Crippen LogP contribution < -0.4 is 5.32 Å². The summed E-state index contributed by atoms with van der Waals surface area (Å²) in [5, 5.41) is 2.66. The number of hydrogen-bond acceptors (Lipinski definition) is 3. The van der Waals surface area contributed by atoms with Gasteiger partial charge in [-0.05, 0) is 22.8 Å². The van der Waals surface area contributed by atoms with Gasteiger partial charge in [0.1, 0.15) is 12.9 Å². The third-order valence-electron chi connectivity index (χ3n) is 3.19. The molecular weight excluding hydrogens is 302 g/mol. The number of amides is 1. The standard InChI is InChI=1S/C20H19NO3/c22-15-5-9-18-12-10-17(11-13-18)8-4-14-21-20(23)24-16-19-6-2-1-3-7-19/h1-13,15H,14,16H2,(H,21,23)/b8-4?,9-5+. The first-order valence-corrected chi connectivity index (χ1v) is 7.61. The van der Waals surface area contributed by atoms with Gasteiger partial charge < -0.3 is 10.1 Å². The molecule has 0 spiro atoms. The van der Waals surface area contributed by atoms with Gasteiger partial charge in [-0.15, -0.1) is 0 Å². The monoisotopic (exact) mass is 321 g/mol. The van der Waals surface area contributed by atoms with Gasteiger partial charge in [-0.2, -0.15) is 0 Å². The molecule has 0 aliphatic heterocycles. The van der Waals surface area contributed by atoms with Crippen LogP contribution in [0.4, 0.5) is 4.79 Å². The number of alkyl carbamates (subject to hydrolysis) is 1. The molecule has 0 aliphatic rings. The highest BCUT2D eigenvalue weighted by Gasteiger charge is 2.00. The van der Waals surface area contributed by atoms with E-state index in [4.69, 9.17) is 4.74 Å². The Balaban J connectivity index is 1.70. The quantitative estimate of drug-likeness (QED) is 0.623. The molecule has 0 fully saturated rings. The fourth-order valence-corrected chi connectivity index (χ4v) is 1.98. The Morgan fingerprint density at radius 3 is 2.29 bits per heavy atom. The van der Waals surface area contributed by atoms with E-state index >= 15 is 0 Å². The minimum Gasteiger partial charge on any atom is -0.445 e. The van der Waals surface area contributed by atoms with Crippen LogP contribution in [0.2, 0.25) is 0 Å². The number of carbonyl (C=O) groups excluding carboxylic acids is 2. The number of hydrogen-bond donors (Lipinski definition) is 1. The summed E-state index contributed by atoms with van der Waals surface area (Å²) >= 11 is 0. The van der Waals surface area contributed by atoms with Crippen molar-refractivity contribution >= 4 is 24.5 Å². The van der Waals surface area contributed by atoms with Crippen molar-refractivity contribution in [2.45, 2.75) is 6.61 Å². The molecule has 0 bridgehead atoms. The average Bonchev–Trinajstić information content (AvgIpc) is 2.63. The van der Waals surface area contributed by atoms with Crippen molar-refractivity contribution in [1.82, 2.24) is 5.32 Å². The molecule has 2 aromatic carbocycles. The van der Waals surface area contributed by atoms with Gasteiger partial charge >= 0.3 is 6.09 Å². The maximum absolute atomic E-state index is 11.6. The molecule has 0 aromatic heterocycles. The summed E-state index contributed by atoms with van der Waals surface area (Å²) in [6.45, 7) is 0.645. The number of nitrogens with one attached hydrogen (secondary N) is 1. The van der Waals surface area contributed by atoms with Crippen LogP contribution in [0.5, 0.6) is 0 Å². The highest BCUT2D eigenvalue weighted by Crippen LogP contribution is 2.07. The van der Waals surface area contributed by atoms with Crippen LogP contribution in [0.15, 0.2) is 66.7 Å². The molecule has 2 aromatic rings. The van der Waals surface area contributed by atoms with E-state index in [-0.39, 0.29) is 6.61 Å². The molecule has 1 amide bonds. The molecule has 24 heavy (non-hydrogen) atoms. The van der Waals surface area contributed by atoms with Gasteiger partial charge in [0, 0.05) is 6.54 Å². The van der Waals surface area contributed by atoms with Crippen LogP contribution >= 0.6 is 0 Å². The largest absolute Gasteiger partial charge is 0.445 e. The number of rotatable bonds is 7. The third-order valence-corrected chi connectivity index (χ3v) is 3.19. The lowest BCUT2D eigenvalue weighted by Gasteiger charge is -2.05. The second-order valence-electron chi connectivity index (χ2n) is 5.01. The van der Waals surface area contributed by atoms with Crippen molar-refractivity contribution in [2.75, 3.05) is 6.54 Å². The third kappa shape index (κ3) is 6.32. The normalized spacial score (nSPS) is 10.8. The molecule has 0 heterocycles. The Morgan fingerprint density at radius 1 is 0.958 bits per heavy atom. The first-order chi connectivity index (χ1) is 11.8. The van der Waals surface area contributed by atoms with Gasteiger partial charge in [0.2, 0.25) is 0 Å². The minimum atomic E-state index is -0.446. The molecule has 0 radical (unpaired) electrons. The fraction of sp³-hybridized carbons (Fsp3) is 0.100. The Kier molecular flexibility index (Phi) is 7.02. The average molecular weight is 321 g/mol. The molecular formula is C20H19NO3. The second-order valence-corrected chi connectivity index (χ2v) is 5.01. The maximum Gasteiger partial charge on any atom is 0.407 e. The number of carbonyl (C=O) groups is 2. The zero-order valence-corrected chi connectivity index (χ0v) is 13.2. The highest BCUT2D eigenvalue weighted by atomic mass is 16.5. The summed E-state index contributed by atoms with van der Waals surface area (Å²) in [5.74, 6) is 0. The predicted molar refractivity (Wildman–Crippen MR) is 95.2 cm³/mol. The van der Waals surface area contributed by atoms with Gasteiger partial charge in [-0.3, -0.25) is 4.79 Å². The summed E-state index contributed by atoms with van der Waals surface area (Å²) in [6, 6.07) is 17.2. The van der Waals surface area contributed by atoms with Crippen LogP contribution in [-0.4, -0.2) is 18.9 Å². The molecule has 0 aliphatic carbocycles. The maximum atomic E-state index is 11.6. The molecule has 0 saturated carbocycles. The van der Waals surface area contributed by atoms with Crippen molar-refractivity contribution in [3.8, 4) is 0 Å². The topological polar surface area (TPSA) is 55.4 Å². The van der Waals surface area contributed by atoms with Gasteiger partial charge in [0.05, 0.1) is 0 Å². The number of benzene rings is 2. The Morgan fingerprint density at radius 2 is 1.62 bits per heavy atom. The van der Waals surface area contributed by atoms with Gasteiger partial charge in [-0.25, -0.2) is 4.79 Å². The lowest BCUT2D eigenvalue weighted by molar-refractivity contribution is -0.104. The van der Waals surface area contributed by atoms with E-state index in [0.29, 0.717) is 6.54 Å². The predicted octanol–water partition coefficient (Wildman–Crippen LogP) is 3.84. The Labute approximate surface area is 141 Å². The Bertz CT molecular complexity index is 703. The van der Waals surface area contributed by atoms with E-state index < -0.39 is 6.09 Å². The van der Waals surface area contributed by atoms with Crippen LogP contribution in [0.1, 0.15) is 16.7 Å². The number of allylic oxidation sites excluding steroid dienone is 1. The van der Waals surface area contributed by atoms with E-state index in [0.717, 1.165) is 23.0 Å². The van der Waals surface area contributed by atoms with E-state index in [2.05, 4.69) is 5.32 Å². The van der Waals surface area contributed by atoms with E-state index in [9.17, 15) is 9.59 Å². The summed E-state index contributed by atoms with van der Waals surface area (Å²) in [5.41, 5.74) is 2.92. The smallest absolute Gasteiger partial charge is 0.407 e. The van der Waals surface area contributed by atoms with Crippen molar-refractivity contribution in [1.29, 1.82) is 0 Å². The van der Waals surface area contributed by atoms with E-state index in [1.807, 2.05) is 66.7 Å². The summed E-state index contributed by atoms with van der Waals surface area (Å²) in [4.78, 5) is 21.8. The van der Waals surface area contributed by atoms with Gasteiger partial charge in [-0.1, -0.05) is 72.8 Å². The van der Waals surface area contributed by atoms with Gasteiger partial charge in [0.15, 0.2) is 0 Å². The van der Waals surface area contributed by atoms with Crippen molar-refractivity contribution in [3.05, 3.63) is 83.4 Å². The lowest BCUT2D eigenvalue weighted by Crippen LogP contribution is -2.24. The van der Waals surface area contributed by atoms with Crippen LogP contribution in [0, 0.1) is 0 Å². The minimum absolute atomic E-state index is 0.256.